The molecule has 1 aliphatic rings. The largest absolute Gasteiger partial charge is 0.376 e. The molecular weight excluding hydrogens is 369 g/mol. The zero-order valence-electron chi connectivity index (χ0n) is 15.7. The Morgan fingerprint density at radius 3 is 2.86 bits per heavy atom. The molecule has 1 atom stereocenters. The summed E-state index contributed by atoms with van der Waals surface area (Å²) in [6, 6.07) is 17.0. The highest BCUT2D eigenvalue weighted by molar-refractivity contribution is 6.02. The number of amides is 1. The van der Waals surface area contributed by atoms with Crippen molar-refractivity contribution < 1.29 is 13.9 Å². The van der Waals surface area contributed by atoms with Gasteiger partial charge in [-0.05, 0) is 41.8 Å². The second kappa shape index (κ2) is 7.29. The van der Waals surface area contributed by atoms with Crippen molar-refractivity contribution in [3.05, 3.63) is 66.0 Å². The number of carbonyl (C=O) groups excluding carboxylic acids is 1. The molecule has 0 spiro atoms. The van der Waals surface area contributed by atoms with Crippen LogP contribution in [0, 0.1) is 5.82 Å². The number of halogens is 1. The lowest BCUT2D eigenvalue weighted by atomic mass is 10.0. The number of hydrogen-bond donors (Lipinski definition) is 2. The molecule has 3 aromatic carbocycles. The lowest BCUT2D eigenvalue weighted by Gasteiger charge is -2.11. The van der Waals surface area contributed by atoms with Crippen molar-refractivity contribution in [3.8, 4) is 11.3 Å². The molecule has 6 heteroatoms. The van der Waals surface area contributed by atoms with Crippen LogP contribution >= 0.6 is 0 Å². The number of rotatable bonds is 4. The monoisotopic (exact) mass is 389 g/mol. The van der Waals surface area contributed by atoms with Crippen LogP contribution in [0.5, 0.6) is 0 Å². The minimum Gasteiger partial charge on any atom is -0.376 e. The first-order valence-corrected chi connectivity index (χ1v) is 9.75. The van der Waals surface area contributed by atoms with E-state index in [0.29, 0.717) is 17.6 Å². The number of aromatic nitrogens is 2. The van der Waals surface area contributed by atoms with Crippen LogP contribution in [-0.2, 0) is 4.74 Å². The third-order valence-electron chi connectivity index (χ3n) is 5.43. The smallest absolute Gasteiger partial charge is 0.251 e. The van der Waals surface area contributed by atoms with Gasteiger partial charge in [-0.2, -0.15) is 5.10 Å². The summed E-state index contributed by atoms with van der Waals surface area (Å²) in [6.45, 7) is 1.16. The van der Waals surface area contributed by atoms with E-state index < -0.39 is 5.82 Å². The van der Waals surface area contributed by atoms with Crippen molar-refractivity contribution >= 4 is 27.6 Å². The third-order valence-corrected chi connectivity index (χ3v) is 5.43. The number of hydrogen-bond acceptors (Lipinski definition) is 3. The summed E-state index contributed by atoms with van der Waals surface area (Å²) < 4.78 is 20.2. The van der Waals surface area contributed by atoms with Gasteiger partial charge in [-0.3, -0.25) is 9.89 Å². The number of nitrogens with one attached hydrogen (secondary N) is 2. The maximum absolute atomic E-state index is 14.6. The van der Waals surface area contributed by atoms with Crippen LogP contribution in [-0.4, -0.2) is 35.4 Å². The highest BCUT2D eigenvalue weighted by Gasteiger charge is 2.19. The van der Waals surface area contributed by atoms with E-state index in [0.717, 1.165) is 35.8 Å². The summed E-state index contributed by atoms with van der Waals surface area (Å²) in [5.41, 5.74) is 2.08. The molecule has 1 fully saturated rings. The molecule has 0 aliphatic carbocycles. The summed E-state index contributed by atoms with van der Waals surface area (Å²) in [5.74, 6) is -0.833. The highest BCUT2D eigenvalue weighted by atomic mass is 19.1. The van der Waals surface area contributed by atoms with Gasteiger partial charge in [-0.15, -0.1) is 0 Å². The Hall–Kier alpha value is -3.25. The molecule has 0 saturated carbocycles. The van der Waals surface area contributed by atoms with Gasteiger partial charge in [0.15, 0.2) is 5.82 Å². The predicted octanol–water partition coefficient (Wildman–Crippen LogP) is 4.43. The minimum absolute atomic E-state index is 0.0367. The molecular formula is C23H20FN3O2. The van der Waals surface area contributed by atoms with E-state index >= 15 is 0 Å². The maximum Gasteiger partial charge on any atom is 0.251 e. The summed E-state index contributed by atoms with van der Waals surface area (Å²) in [5, 5.41) is 12.7. The Morgan fingerprint density at radius 2 is 2.03 bits per heavy atom. The number of carbonyl (C=O) groups is 1. The quantitative estimate of drug-likeness (QED) is 0.543. The van der Waals surface area contributed by atoms with Gasteiger partial charge in [-0.1, -0.05) is 36.4 Å². The van der Waals surface area contributed by atoms with E-state index in [2.05, 4.69) is 15.5 Å². The molecule has 5 rings (SSSR count). The highest BCUT2D eigenvalue weighted by Crippen LogP contribution is 2.31. The summed E-state index contributed by atoms with van der Waals surface area (Å²) in [4.78, 5) is 12.6. The Morgan fingerprint density at radius 1 is 1.17 bits per heavy atom. The number of aromatic amines is 1. The molecule has 5 nitrogen and oxygen atoms in total. The van der Waals surface area contributed by atoms with Crippen molar-refractivity contribution in [3.63, 3.8) is 0 Å². The number of H-pyrrole nitrogens is 1. The van der Waals surface area contributed by atoms with Crippen molar-refractivity contribution in [2.24, 2.45) is 0 Å². The van der Waals surface area contributed by atoms with Gasteiger partial charge in [0, 0.05) is 29.7 Å². The average Bonchev–Trinajstić information content (AvgIpc) is 3.41. The fourth-order valence-electron chi connectivity index (χ4n) is 3.89. The fourth-order valence-corrected chi connectivity index (χ4v) is 3.89. The molecule has 0 radical (unpaired) electrons. The molecule has 0 bridgehead atoms. The zero-order chi connectivity index (χ0) is 19.8. The summed E-state index contributed by atoms with van der Waals surface area (Å²) in [7, 11) is 0. The third kappa shape index (κ3) is 3.36. The second-order valence-electron chi connectivity index (χ2n) is 7.36. The van der Waals surface area contributed by atoms with Crippen LogP contribution in [0.25, 0.3) is 32.9 Å². The minimum atomic E-state index is -0.520. The van der Waals surface area contributed by atoms with E-state index in [1.54, 1.807) is 6.07 Å². The molecule has 29 heavy (non-hydrogen) atoms. The number of benzene rings is 3. The second-order valence-corrected chi connectivity index (χ2v) is 7.36. The van der Waals surface area contributed by atoms with E-state index in [9.17, 15) is 9.18 Å². The first kappa shape index (κ1) is 17.8. The van der Waals surface area contributed by atoms with E-state index in [1.165, 1.54) is 6.07 Å². The van der Waals surface area contributed by atoms with Crippen molar-refractivity contribution in [2.75, 3.05) is 13.2 Å². The van der Waals surface area contributed by atoms with Crippen LogP contribution in [0.2, 0.25) is 0 Å². The topological polar surface area (TPSA) is 67.0 Å². The van der Waals surface area contributed by atoms with Crippen molar-refractivity contribution in [1.82, 2.24) is 15.5 Å². The first-order valence-electron chi connectivity index (χ1n) is 9.75. The average molecular weight is 389 g/mol. The van der Waals surface area contributed by atoms with Crippen LogP contribution in [0.3, 0.4) is 0 Å². The zero-order valence-corrected chi connectivity index (χ0v) is 15.7. The molecule has 146 valence electrons. The summed E-state index contributed by atoms with van der Waals surface area (Å²) in [6.07, 6.45) is 1.97. The Balaban J connectivity index is 1.50. The molecule has 1 aromatic heterocycles. The number of fused-ring (bicyclic) bond motifs is 2. The molecule has 1 unspecified atom stereocenters. The van der Waals surface area contributed by atoms with Gasteiger partial charge >= 0.3 is 0 Å². The van der Waals surface area contributed by atoms with Crippen LogP contribution in [0.1, 0.15) is 23.2 Å². The Bertz CT molecular complexity index is 1210. The van der Waals surface area contributed by atoms with Gasteiger partial charge < -0.3 is 10.1 Å². The molecule has 1 saturated heterocycles. The van der Waals surface area contributed by atoms with E-state index in [-0.39, 0.29) is 23.1 Å². The van der Waals surface area contributed by atoms with Crippen molar-refractivity contribution in [1.29, 1.82) is 0 Å². The van der Waals surface area contributed by atoms with Gasteiger partial charge in [0.25, 0.3) is 5.91 Å². The standard InChI is InChI=1S/C23H20FN3O2/c24-20-12-17(23(28)25-13-18-6-3-9-29-18)11-19-21(26-27-22(19)20)16-8-7-14-4-1-2-5-15(14)10-16/h1-2,4-5,7-8,10-12,18H,3,6,9,13H2,(H,25,28)(H,26,27). The number of nitrogens with zero attached hydrogens (tertiary/aromatic N) is 1. The lowest BCUT2D eigenvalue weighted by Crippen LogP contribution is -2.31. The first-order chi connectivity index (χ1) is 14.2. The fraction of sp³-hybridized carbons (Fsp3) is 0.217. The van der Waals surface area contributed by atoms with Gasteiger partial charge in [0.1, 0.15) is 5.52 Å². The lowest BCUT2D eigenvalue weighted by molar-refractivity contribution is 0.0857. The van der Waals surface area contributed by atoms with Gasteiger partial charge in [0.05, 0.1) is 11.8 Å². The van der Waals surface area contributed by atoms with Crippen LogP contribution in [0.4, 0.5) is 4.39 Å². The molecule has 4 aromatic rings. The van der Waals surface area contributed by atoms with Crippen LogP contribution < -0.4 is 5.32 Å². The normalized spacial score (nSPS) is 16.5. The SMILES string of the molecule is O=C(NCC1CCCO1)c1cc(F)c2n[nH]c(-c3ccc4ccccc4c3)c2c1. The molecule has 2 heterocycles. The molecule has 1 amide bonds. The number of ether oxygens (including phenoxy) is 1. The van der Waals surface area contributed by atoms with Gasteiger partial charge in [0.2, 0.25) is 0 Å². The Kier molecular flexibility index (Phi) is 4.48. The molecule has 1 aliphatic heterocycles. The van der Waals surface area contributed by atoms with E-state index in [1.807, 2.05) is 42.5 Å². The molecule has 2 N–H and O–H groups in total. The van der Waals surface area contributed by atoms with E-state index in [4.69, 9.17) is 4.74 Å². The van der Waals surface area contributed by atoms with Crippen molar-refractivity contribution in [2.45, 2.75) is 18.9 Å². The predicted molar refractivity (Wildman–Crippen MR) is 110 cm³/mol. The van der Waals surface area contributed by atoms with Gasteiger partial charge in [-0.25, -0.2) is 4.39 Å². The Labute approximate surface area is 166 Å². The van der Waals surface area contributed by atoms with Crippen LogP contribution in [0.15, 0.2) is 54.6 Å². The maximum atomic E-state index is 14.6. The summed E-state index contributed by atoms with van der Waals surface area (Å²) >= 11 is 0.